The van der Waals surface area contributed by atoms with Crippen molar-refractivity contribution in [3.8, 4) is 0 Å². The van der Waals surface area contributed by atoms with Crippen LogP contribution in [-0.4, -0.2) is 8.42 Å². The first-order valence-electron chi connectivity index (χ1n) is 8.14. The molecule has 1 fully saturated rings. The van der Waals surface area contributed by atoms with Crippen LogP contribution in [0.4, 0.5) is 8.78 Å². The highest BCUT2D eigenvalue weighted by Gasteiger charge is 2.48. The fourth-order valence-corrected chi connectivity index (χ4v) is 5.81. The van der Waals surface area contributed by atoms with E-state index in [-0.39, 0.29) is 10.5 Å². The Hall–Kier alpha value is -1.75. The fraction of sp³-hybridized carbons (Fsp3) is 0.368. The molecule has 0 unspecified atom stereocenters. The van der Waals surface area contributed by atoms with E-state index in [0.717, 1.165) is 30.2 Å². The molecule has 5 heteroatoms. The number of sulfone groups is 1. The van der Waals surface area contributed by atoms with Gasteiger partial charge in [0.2, 0.25) is 0 Å². The van der Waals surface area contributed by atoms with Crippen molar-refractivity contribution >= 4 is 9.84 Å². The molecule has 0 heterocycles. The van der Waals surface area contributed by atoms with E-state index >= 15 is 0 Å². The molecule has 0 radical (unpaired) electrons. The summed E-state index contributed by atoms with van der Waals surface area (Å²) >= 11 is 0. The van der Waals surface area contributed by atoms with Gasteiger partial charge in [-0.05, 0) is 50.1 Å². The van der Waals surface area contributed by atoms with Crippen molar-refractivity contribution in [3.63, 3.8) is 0 Å². The molecule has 0 saturated heterocycles. The zero-order chi connectivity index (χ0) is 17.4. The minimum atomic E-state index is -3.84. The van der Waals surface area contributed by atoms with E-state index in [1.165, 1.54) is 0 Å². The SMILES string of the molecule is Cc1ccc(S(=O)(=O)C2(c3cc(F)ccc3F)CCCCC2)cc1. The Bertz CT molecular complexity index is 836. The van der Waals surface area contributed by atoms with Crippen molar-refractivity contribution in [1.29, 1.82) is 0 Å². The van der Waals surface area contributed by atoms with Crippen molar-refractivity contribution in [1.82, 2.24) is 0 Å². The Morgan fingerprint density at radius 2 is 1.54 bits per heavy atom. The summed E-state index contributed by atoms with van der Waals surface area (Å²) in [5.41, 5.74) is 0.909. The molecular weight excluding hydrogens is 330 g/mol. The monoisotopic (exact) mass is 350 g/mol. The summed E-state index contributed by atoms with van der Waals surface area (Å²) in [6.07, 6.45) is 2.89. The largest absolute Gasteiger partial charge is 0.223 e. The Balaban J connectivity index is 2.22. The topological polar surface area (TPSA) is 34.1 Å². The van der Waals surface area contributed by atoms with Crippen LogP contribution in [0, 0.1) is 18.6 Å². The van der Waals surface area contributed by atoms with Gasteiger partial charge in [-0.3, -0.25) is 0 Å². The number of aryl methyl sites for hydroxylation is 1. The van der Waals surface area contributed by atoms with Gasteiger partial charge in [-0.15, -0.1) is 0 Å². The van der Waals surface area contributed by atoms with E-state index in [2.05, 4.69) is 0 Å². The van der Waals surface area contributed by atoms with Gasteiger partial charge in [-0.1, -0.05) is 37.0 Å². The molecule has 1 saturated carbocycles. The summed E-state index contributed by atoms with van der Waals surface area (Å²) in [4.78, 5) is 0.165. The molecule has 0 spiro atoms. The van der Waals surface area contributed by atoms with Gasteiger partial charge >= 0.3 is 0 Å². The molecule has 0 atom stereocenters. The van der Waals surface area contributed by atoms with Crippen molar-refractivity contribution in [3.05, 3.63) is 65.2 Å². The highest BCUT2D eigenvalue weighted by Crippen LogP contribution is 2.47. The smallest absolute Gasteiger partial charge is 0.188 e. The number of benzene rings is 2. The second kappa shape index (κ2) is 6.28. The Labute approximate surface area is 141 Å². The van der Waals surface area contributed by atoms with E-state index in [4.69, 9.17) is 0 Å². The number of hydrogen-bond donors (Lipinski definition) is 0. The van der Waals surface area contributed by atoms with Gasteiger partial charge in [0, 0.05) is 5.56 Å². The molecular formula is C19H20F2O2S. The van der Waals surface area contributed by atoms with Crippen molar-refractivity contribution in [2.45, 2.75) is 48.7 Å². The Kier molecular flexibility index (Phi) is 4.47. The van der Waals surface area contributed by atoms with E-state index < -0.39 is 26.2 Å². The second-order valence-corrected chi connectivity index (χ2v) is 8.76. The van der Waals surface area contributed by atoms with Crippen LogP contribution in [-0.2, 0) is 14.6 Å². The zero-order valence-corrected chi connectivity index (χ0v) is 14.4. The molecule has 0 aliphatic heterocycles. The van der Waals surface area contributed by atoms with Crippen LogP contribution in [0.2, 0.25) is 0 Å². The van der Waals surface area contributed by atoms with E-state index in [1.54, 1.807) is 24.3 Å². The lowest BCUT2D eigenvalue weighted by molar-refractivity contribution is 0.367. The Morgan fingerprint density at radius 3 is 2.17 bits per heavy atom. The maximum Gasteiger partial charge on any atom is 0.188 e. The van der Waals surface area contributed by atoms with Crippen molar-refractivity contribution in [2.24, 2.45) is 0 Å². The molecule has 2 aromatic rings. The van der Waals surface area contributed by atoms with Crippen LogP contribution in [0.15, 0.2) is 47.4 Å². The molecule has 1 aliphatic rings. The van der Waals surface area contributed by atoms with Gasteiger partial charge in [0.05, 0.1) is 4.90 Å². The maximum atomic E-state index is 14.5. The van der Waals surface area contributed by atoms with Crippen LogP contribution in [0.5, 0.6) is 0 Å². The summed E-state index contributed by atoms with van der Waals surface area (Å²) in [5.74, 6) is -1.27. The summed E-state index contributed by atoms with van der Waals surface area (Å²) < 4.78 is 53.6. The molecule has 24 heavy (non-hydrogen) atoms. The Morgan fingerprint density at radius 1 is 0.917 bits per heavy atom. The lowest BCUT2D eigenvalue weighted by Crippen LogP contribution is -2.39. The van der Waals surface area contributed by atoms with Crippen molar-refractivity contribution < 1.29 is 17.2 Å². The molecule has 128 valence electrons. The van der Waals surface area contributed by atoms with Crippen molar-refractivity contribution in [2.75, 3.05) is 0 Å². The quantitative estimate of drug-likeness (QED) is 0.788. The van der Waals surface area contributed by atoms with Crippen LogP contribution in [0.3, 0.4) is 0 Å². The summed E-state index contributed by atoms with van der Waals surface area (Å²) in [6.45, 7) is 1.87. The predicted molar refractivity (Wildman–Crippen MR) is 89.5 cm³/mol. The summed E-state index contributed by atoms with van der Waals surface area (Å²) in [6, 6.07) is 9.65. The lowest BCUT2D eigenvalue weighted by atomic mass is 9.82. The minimum absolute atomic E-state index is 0.0391. The minimum Gasteiger partial charge on any atom is -0.223 e. The highest BCUT2D eigenvalue weighted by molar-refractivity contribution is 7.92. The van der Waals surface area contributed by atoms with Crippen LogP contribution in [0.25, 0.3) is 0 Å². The van der Waals surface area contributed by atoms with Crippen LogP contribution >= 0.6 is 0 Å². The molecule has 0 amide bonds. The van der Waals surface area contributed by atoms with Gasteiger partial charge in [-0.25, -0.2) is 17.2 Å². The zero-order valence-electron chi connectivity index (χ0n) is 13.6. The predicted octanol–water partition coefficient (Wildman–Crippen LogP) is 4.91. The summed E-state index contributed by atoms with van der Waals surface area (Å²) in [7, 11) is -3.84. The van der Waals surface area contributed by atoms with Crippen LogP contribution in [0.1, 0.15) is 43.2 Å². The molecule has 3 rings (SSSR count). The highest BCUT2D eigenvalue weighted by atomic mass is 32.2. The number of hydrogen-bond acceptors (Lipinski definition) is 2. The molecule has 2 nitrogen and oxygen atoms in total. The van der Waals surface area contributed by atoms with Gasteiger partial charge in [0.1, 0.15) is 16.4 Å². The van der Waals surface area contributed by atoms with Crippen LogP contribution < -0.4 is 0 Å². The molecule has 0 aromatic heterocycles. The first-order chi connectivity index (χ1) is 11.4. The third kappa shape index (κ3) is 2.75. The molecule has 0 N–H and O–H groups in total. The first-order valence-corrected chi connectivity index (χ1v) is 9.62. The average Bonchev–Trinajstić information content (AvgIpc) is 2.58. The molecule has 0 bridgehead atoms. The maximum absolute atomic E-state index is 14.5. The fourth-order valence-electron chi connectivity index (χ4n) is 3.60. The number of rotatable bonds is 3. The van der Waals surface area contributed by atoms with Gasteiger partial charge in [0.25, 0.3) is 0 Å². The van der Waals surface area contributed by atoms with Gasteiger partial charge in [-0.2, -0.15) is 0 Å². The molecule has 2 aromatic carbocycles. The van der Waals surface area contributed by atoms with E-state index in [9.17, 15) is 17.2 Å². The summed E-state index contributed by atoms with van der Waals surface area (Å²) in [5, 5.41) is 0. The lowest BCUT2D eigenvalue weighted by Gasteiger charge is -2.37. The third-order valence-corrected chi connectivity index (χ3v) is 7.48. The van der Waals surface area contributed by atoms with E-state index in [1.807, 2.05) is 6.92 Å². The third-order valence-electron chi connectivity index (χ3n) is 4.93. The second-order valence-electron chi connectivity index (χ2n) is 6.50. The van der Waals surface area contributed by atoms with E-state index in [0.29, 0.717) is 25.7 Å². The normalized spacial score (nSPS) is 17.6. The standard InChI is InChI=1S/C19H20F2O2S/c1-14-5-8-16(9-6-14)24(22,23)19(11-3-2-4-12-19)17-13-15(20)7-10-18(17)21/h5-10,13H,2-4,11-12H2,1H3. The first kappa shape index (κ1) is 17.1. The number of halogens is 2. The molecule has 1 aliphatic carbocycles. The van der Waals surface area contributed by atoms with Gasteiger partial charge < -0.3 is 0 Å². The van der Waals surface area contributed by atoms with Gasteiger partial charge in [0.15, 0.2) is 9.84 Å². The average molecular weight is 350 g/mol.